The van der Waals surface area contributed by atoms with Gasteiger partial charge in [-0.2, -0.15) is 0 Å². The first-order valence-corrected chi connectivity index (χ1v) is 6.73. The summed E-state index contributed by atoms with van der Waals surface area (Å²) in [5.41, 5.74) is 6.83. The molecule has 0 saturated heterocycles. The van der Waals surface area contributed by atoms with Gasteiger partial charge in [-0.1, -0.05) is 13.8 Å². The van der Waals surface area contributed by atoms with Gasteiger partial charge in [0.25, 0.3) is 0 Å². The minimum Gasteiger partial charge on any atom is -0.490 e. The topological polar surface area (TPSA) is 51.4 Å². The number of benzene rings is 1. The molecule has 0 amide bonds. The zero-order valence-electron chi connectivity index (χ0n) is 11.6. The number of anilines is 1. The Hall–Kier alpha value is -1.81. The van der Waals surface area contributed by atoms with Crippen molar-refractivity contribution in [3.05, 3.63) is 30.6 Å². The average Bonchev–Trinajstić information content (AvgIpc) is 2.46. The molecule has 0 aliphatic carbocycles. The number of hydrogen-bond acceptors (Lipinski definition) is 4. The molecule has 0 aliphatic rings. The molecular formula is C15H21N3O. The number of nitrogen functional groups attached to an aromatic ring is 1. The number of nitrogens with zero attached hydrogens (tertiary/aromatic N) is 2. The predicted molar refractivity (Wildman–Crippen MR) is 79.4 cm³/mol. The molecule has 0 saturated carbocycles. The highest BCUT2D eigenvalue weighted by molar-refractivity contribution is 5.95. The van der Waals surface area contributed by atoms with E-state index in [1.807, 2.05) is 24.4 Å². The van der Waals surface area contributed by atoms with Crippen molar-refractivity contribution in [3.63, 3.8) is 0 Å². The van der Waals surface area contributed by atoms with Crippen LogP contribution < -0.4 is 10.5 Å². The van der Waals surface area contributed by atoms with Crippen LogP contribution in [0, 0.1) is 0 Å². The normalized spacial score (nSPS) is 11.1. The Balaban J connectivity index is 2.07. The third-order valence-electron chi connectivity index (χ3n) is 3.38. The Morgan fingerprint density at radius 2 is 2.00 bits per heavy atom. The highest BCUT2D eigenvalue weighted by atomic mass is 16.5. The van der Waals surface area contributed by atoms with Gasteiger partial charge in [-0.05, 0) is 31.3 Å². The van der Waals surface area contributed by atoms with Gasteiger partial charge < -0.3 is 15.4 Å². The Kier molecular flexibility index (Phi) is 4.58. The first-order valence-electron chi connectivity index (χ1n) is 6.73. The largest absolute Gasteiger partial charge is 0.490 e. The van der Waals surface area contributed by atoms with E-state index < -0.39 is 0 Å². The van der Waals surface area contributed by atoms with Gasteiger partial charge >= 0.3 is 0 Å². The van der Waals surface area contributed by atoms with Crippen molar-refractivity contribution in [3.8, 4) is 5.75 Å². The van der Waals surface area contributed by atoms with E-state index in [4.69, 9.17) is 10.5 Å². The van der Waals surface area contributed by atoms with Crippen LogP contribution in [-0.4, -0.2) is 36.1 Å². The van der Waals surface area contributed by atoms with Gasteiger partial charge in [0.2, 0.25) is 0 Å². The fourth-order valence-corrected chi connectivity index (χ4v) is 2.12. The van der Waals surface area contributed by atoms with E-state index in [9.17, 15) is 0 Å². The Morgan fingerprint density at radius 1 is 1.21 bits per heavy atom. The first-order chi connectivity index (χ1) is 9.26. The maximum absolute atomic E-state index is 6.13. The van der Waals surface area contributed by atoms with Crippen LogP contribution in [0.15, 0.2) is 30.6 Å². The molecule has 0 unspecified atom stereocenters. The van der Waals surface area contributed by atoms with Gasteiger partial charge in [-0.25, -0.2) is 0 Å². The second kappa shape index (κ2) is 6.38. The van der Waals surface area contributed by atoms with Gasteiger partial charge in [0.05, 0.1) is 5.69 Å². The number of fused-ring (bicyclic) bond motifs is 1. The van der Waals surface area contributed by atoms with Crippen LogP contribution in [0.25, 0.3) is 10.8 Å². The van der Waals surface area contributed by atoms with E-state index in [0.717, 1.165) is 36.2 Å². The molecule has 4 heteroatoms. The Labute approximate surface area is 114 Å². The molecule has 0 bridgehead atoms. The van der Waals surface area contributed by atoms with Crippen LogP contribution >= 0.6 is 0 Å². The summed E-state index contributed by atoms with van der Waals surface area (Å²) in [5.74, 6) is 0.755. The third kappa shape index (κ3) is 3.15. The minimum absolute atomic E-state index is 0.655. The molecule has 0 atom stereocenters. The summed E-state index contributed by atoms with van der Waals surface area (Å²) < 4.78 is 5.79. The highest BCUT2D eigenvalue weighted by Gasteiger charge is 2.06. The Bertz CT molecular complexity index is 538. The monoisotopic (exact) mass is 259 g/mol. The number of ether oxygens (including phenoxy) is 1. The number of aromatic nitrogens is 1. The lowest BCUT2D eigenvalue weighted by atomic mass is 10.1. The number of pyridine rings is 1. The van der Waals surface area contributed by atoms with Gasteiger partial charge in [-0.3, -0.25) is 4.98 Å². The number of likely N-dealkylation sites (N-methyl/N-ethyl adjacent to an activating group) is 1. The van der Waals surface area contributed by atoms with E-state index in [2.05, 4.69) is 23.7 Å². The van der Waals surface area contributed by atoms with Crippen LogP contribution in [0.2, 0.25) is 0 Å². The van der Waals surface area contributed by atoms with E-state index in [1.165, 1.54) is 0 Å². The zero-order chi connectivity index (χ0) is 13.7. The predicted octanol–water partition coefficient (Wildman–Crippen LogP) is 2.54. The summed E-state index contributed by atoms with van der Waals surface area (Å²) in [4.78, 5) is 6.41. The number of rotatable bonds is 6. The van der Waals surface area contributed by atoms with Gasteiger partial charge in [0.15, 0.2) is 0 Å². The molecule has 2 rings (SSSR count). The summed E-state index contributed by atoms with van der Waals surface area (Å²) in [6, 6.07) is 5.83. The average molecular weight is 259 g/mol. The van der Waals surface area contributed by atoms with Crippen LogP contribution in [0.1, 0.15) is 13.8 Å². The Morgan fingerprint density at radius 3 is 2.74 bits per heavy atom. The summed E-state index contributed by atoms with van der Waals surface area (Å²) in [5, 5.41) is 2.03. The van der Waals surface area contributed by atoms with Gasteiger partial charge in [0, 0.05) is 29.7 Å². The molecule has 1 aromatic carbocycles. The van der Waals surface area contributed by atoms with Crippen LogP contribution in [0.5, 0.6) is 5.75 Å². The molecule has 2 N–H and O–H groups in total. The second-order valence-electron chi connectivity index (χ2n) is 4.45. The van der Waals surface area contributed by atoms with Crippen molar-refractivity contribution in [2.24, 2.45) is 0 Å². The fourth-order valence-electron chi connectivity index (χ4n) is 2.12. The summed E-state index contributed by atoms with van der Waals surface area (Å²) in [6.07, 6.45) is 3.56. The summed E-state index contributed by atoms with van der Waals surface area (Å²) in [7, 11) is 0. The molecule has 19 heavy (non-hydrogen) atoms. The van der Waals surface area contributed by atoms with Crippen molar-refractivity contribution < 1.29 is 4.74 Å². The van der Waals surface area contributed by atoms with E-state index >= 15 is 0 Å². The van der Waals surface area contributed by atoms with E-state index in [0.29, 0.717) is 12.3 Å². The first kappa shape index (κ1) is 13.6. The smallest absolute Gasteiger partial charge is 0.142 e. The van der Waals surface area contributed by atoms with Gasteiger partial charge in [-0.15, -0.1) is 0 Å². The van der Waals surface area contributed by atoms with Crippen molar-refractivity contribution in [1.82, 2.24) is 9.88 Å². The molecule has 4 nitrogen and oxygen atoms in total. The quantitative estimate of drug-likeness (QED) is 0.810. The molecule has 102 valence electrons. The highest BCUT2D eigenvalue weighted by Crippen LogP contribution is 2.29. The molecule has 1 aromatic heterocycles. The van der Waals surface area contributed by atoms with Crippen LogP contribution in [0.3, 0.4) is 0 Å². The summed E-state index contributed by atoms with van der Waals surface area (Å²) >= 11 is 0. The lowest BCUT2D eigenvalue weighted by molar-refractivity contribution is 0.223. The van der Waals surface area contributed by atoms with Crippen LogP contribution in [-0.2, 0) is 0 Å². The van der Waals surface area contributed by atoms with Crippen molar-refractivity contribution in [1.29, 1.82) is 0 Å². The van der Waals surface area contributed by atoms with Gasteiger partial charge in [0.1, 0.15) is 12.4 Å². The lowest BCUT2D eigenvalue weighted by Gasteiger charge is -2.18. The molecular weight excluding hydrogens is 238 g/mol. The van der Waals surface area contributed by atoms with Crippen molar-refractivity contribution in [2.45, 2.75) is 13.8 Å². The van der Waals surface area contributed by atoms with Crippen molar-refractivity contribution >= 4 is 16.5 Å². The SMILES string of the molecule is CCN(CC)CCOc1ccc2cnccc2c1N. The molecule has 0 radical (unpaired) electrons. The van der Waals surface area contributed by atoms with Crippen molar-refractivity contribution in [2.75, 3.05) is 32.0 Å². The molecule has 1 heterocycles. The maximum atomic E-state index is 6.13. The maximum Gasteiger partial charge on any atom is 0.142 e. The number of hydrogen-bond donors (Lipinski definition) is 1. The van der Waals surface area contributed by atoms with Crippen LogP contribution in [0.4, 0.5) is 5.69 Å². The standard InChI is InChI=1S/C15H21N3O/c1-3-18(4-2)9-10-19-14-6-5-12-11-17-8-7-13(12)15(14)16/h5-8,11H,3-4,9-10,16H2,1-2H3. The molecule has 0 aliphatic heterocycles. The third-order valence-corrected chi connectivity index (χ3v) is 3.38. The lowest BCUT2D eigenvalue weighted by Crippen LogP contribution is -2.28. The fraction of sp³-hybridized carbons (Fsp3) is 0.400. The van der Waals surface area contributed by atoms with E-state index in [1.54, 1.807) is 6.20 Å². The second-order valence-corrected chi connectivity index (χ2v) is 4.45. The zero-order valence-corrected chi connectivity index (χ0v) is 11.6. The molecule has 0 fully saturated rings. The minimum atomic E-state index is 0.655. The van der Waals surface area contributed by atoms with E-state index in [-0.39, 0.29) is 0 Å². The molecule has 2 aromatic rings. The molecule has 0 spiro atoms. The number of nitrogens with two attached hydrogens (primary N) is 1. The summed E-state index contributed by atoms with van der Waals surface area (Å²) in [6.45, 7) is 7.96.